The zero-order valence-electron chi connectivity index (χ0n) is 17.6. The number of anilines is 1. The van der Waals surface area contributed by atoms with Gasteiger partial charge in [0.1, 0.15) is 5.69 Å². The number of carbonyl (C=O) groups excluding carboxylic acids is 1. The van der Waals surface area contributed by atoms with Crippen LogP contribution in [0.3, 0.4) is 0 Å². The zero-order chi connectivity index (χ0) is 21.8. The molecule has 1 heterocycles. The molecule has 4 aromatic rings. The van der Waals surface area contributed by atoms with Crippen molar-refractivity contribution in [1.29, 1.82) is 0 Å². The first-order valence-electron chi connectivity index (χ1n) is 9.93. The van der Waals surface area contributed by atoms with Gasteiger partial charge in [0.05, 0.1) is 21.3 Å². The molecule has 0 saturated heterocycles. The molecule has 4 rings (SSSR count). The Kier molecular flexibility index (Phi) is 6.00. The molecule has 0 aliphatic rings. The average molecular weight is 427 g/mol. The Morgan fingerprint density at radius 3 is 2.35 bits per heavy atom. The third kappa shape index (κ3) is 4.75. The highest BCUT2D eigenvalue weighted by Crippen LogP contribution is 2.31. The van der Waals surface area contributed by atoms with Crippen LogP contribution in [0.1, 0.15) is 26.6 Å². The van der Waals surface area contributed by atoms with Crippen molar-refractivity contribution in [2.45, 2.75) is 20.8 Å². The van der Waals surface area contributed by atoms with Crippen LogP contribution in [0.15, 0.2) is 83.0 Å². The summed E-state index contributed by atoms with van der Waals surface area (Å²) in [6.45, 7) is 5.85. The Bertz CT molecular complexity index is 1260. The number of thiazole rings is 1. The van der Waals surface area contributed by atoms with Gasteiger partial charge in [0, 0.05) is 5.69 Å². The number of azo groups is 1. The lowest BCUT2D eigenvalue weighted by molar-refractivity contribution is 0.102. The second-order valence-electron chi connectivity index (χ2n) is 7.22. The number of nitrogens with zero attached hydrogens (tertiary/aromatic N) is 3. The quantitative estimate of drug-likeness (QED) is 0.338. The molecule has 0 radical (unpaired) electrons. The molecule has 0 fully saturated rings. The van der Waals surface area contributed by atoms with E-state index in [0.717, 1.165) is 43.6 Å². The van der Waals surface area contributed by atoms with Crippen LogP contribution >= 0.6 is 11.3 Å². The standard InChI is InChI=1S/C25H22N4OS/c1-16-9-7-8-12-22(16)29-28-20-13-14-21(17(2)15-20)27-25(30)23-24(31-18(3)26-23)19-10-5-4-6-11-19/h4-15H,1-3H3,(H,27,30). The molecule has 5 nitrogen and oxygen atoms in total. The van der Waals surface area contributed by atoms with Crippen LogP contribution in [0.4, 0.5) is 17.1 Å². The van der Waals surface area contributed by atoms with Gasteiger partial charge in [-0.1, -0.05) is 48.5 Å². The van der Waals surface area contributed by atoms with E-state index in [0.29, 0.717) is 5.69 Å². The summed E-state index contributed by atoms with van der Waals surface area (Å²) in [5.74, 6) is -0.222. The molecule has 0 spiro atoms. The summed E-state index contributed by atoms with van der Waals surface area (Å²) in [5.41, 5.74) is 5.70. The highest BCUT2D eigenvalue weighted by molar-refractivity contribution is 7.15. The highest BCUT2D eigenvalue weighted by Gasteiger charge is 2.19. The van der Waals surface area contributed by atoms with E-state index in [-0.39, 0.29) is 5.91 Å². The monoisotopic (exact) mass is 426 g/mol. The van der Waals surface area contributed by atoms with Gasteiger partial charge in [0.25, 0.3) is 5.91 Å². The van der Waals surface area contributed by atoms with Gasteiger partial charge in [-0.15, -0.1) is 11.3 Å². The second kappa shape index (κ2) is 9.02. The fraction of sp³-hybridized carbons (Fsp3) is 0.120. The summed E-state index contributed by atoms with van der Waals surface area (Å²) in [6.07, 6.45) is 0. The maximum Gasteiger partial charge on any atom is 0.275 e. The number of amides is 1. The van der Waals surface area contributed by atoms with Crippen LogP contribution in [-0.4, -0.2) is 10.9 Å². The second-order valence-corrected chi connectivity index (χ2v) is 8.42. The van der Waals surface area contributed by atoms with Gasteiger partial charge in [-0.2, -0.15) is 10.2 Å². The number of benzene rings is 3. The largest absolute Gasteiger partial charge is 0.320 e. The Morgan fingerprint density at radius 2 is 1.61 bits per heavy atom. The lowest BCUT2D eigenvalue weighted by Crippen LogP contribution is -2.14. The normalized spacial score (nSPS) is 11.1. The Hall–Kier alpha value is -3.64. The van der Waals surface area contributed by atoms with Crippen LogP contribution in [0.25, 0.3) is 10.4 Å². The van der Waals surface area contributed by atoms with Crippen LogP contribution in [-0.2, 0) is 0 Å². The summed E-state index contributed by atoms with van der Waals surface area (Å²) >= 11 is 1.52. The van der Waals surface area contributed by atoms with Crippen LogP contribution in [0.2, 0.25) is 0 Å². The van der Waals surface area contributed by atoms with E-state index in [4.69, 9.17) is 0 Å². The third-order valence-corrected chi connectivity index (χ3v) is 5.85. The number of aryl methyl sites for hydroxylation is 3. The minimum absolute atomic E-state index is 0.222. The number of rotatable bonds is 5. The Labute approximate surface area is 185 Å². The van der Waals surface area contributed by atoms with Gasteiger partial charge in [0.2, 0.25) is 0 Å². The molecule has 1 aromatic heterocycles. The van der Waals surface area contributed by atoms with Gasteiger partial charge in [-0.05, 0) is 61.7 Å². The molecule has 0 bridgehead atoms. The fourth-order valence-electron chi connectivity index (χ4n) is 3.19. The first kappa shape index (κ1) is 20.6. The van der Waals surface area contributed by atoms with Gasteiger partial charge < -0.3 is 5.32 Å². The predicted octanol–water partition coefficient (Wildman–Crippen LogP) is 7.40. The highest BCUT2D eigenvalue weighted by atomic mass is 32.1. The number of hydrogen-bond donors (Lipinski definition) is 1. The molecular weight excluding hydrogens is 404 g/mol. The zero-order valence-corrected chi connectivity index (χ0v) is 18.4. The summed E-state index contributed by atoms with van der Waals surface area (Å²) < 4.78 is 0. The summed E-state index contributed by atoms with van der Waals surface area (Å²) in [6, 6.07) is 23.3. The van der Waals surface area contributed by atoms with Crippen molar-refractivity contribution in [2.24, 2.45) is 10.2 Å². The van der Waals surface area contributed by atoms with Gasteiger partial charge in [-0.25, -0.2) is 4.98 Å². The molecule has 6 heteroatoms. The average Bonchev–Trinajstić information content (AvgIpc) is 3.17. The van der Waals surface area contributed by atoms with Gasteiger partial charge >= 0.3 is 0 Å². The molecule has 0 aliphatic heterocycles. The maximum absolute atomic E-state index is 13.0. The van der Waals surface area contributed by atoms with Crippen molar-refractivity contribution in [1.82, 2.24) is 4.98 Å². The van der Waals surface area contributed by atoms with E-state index in [9.17, 15) is 4.79 Å². The molecule has 0 unspecified atom stereocenters. The van der Waals surface area contributed by atoms with E-state index in [1.54, 1.807) is 0 Å². The van der Waals surface area contributed by atoms with Gasteiger partial charge in [0.15, 0.2) is 0 Å². The molecule has 31 heavy (non-hydrogen) atoms. The van der Waals surface area contributed by atoms with Crippen molar-refractivity contribution >= 4 is 34.3 Å². The SMILES string of the molecule is Cc1nc(C(=O)Nc2ccc(N=Nc3ccccc3C)cc2C)c(-c2ccccc2)s1. The fourth-order valence-corrected chi connectivity index (χ4v) is 4.11. The molecule has 0 atom stereocenters. The van der Waals surface area contributed by atoms with Crippen molar-refractivity contribution in [3.63, 3.8) is 0 Å². The first-order chi connectivity index (χ1) is 15.0. The topological polar surface area (TPSA) is 66.7 Å². The van der Waals surface area contributed by atoms with Crippen molar-refractivity contribution in [3.8, 4) is 10.4 Å². The molecular formula is C25H22N4OS. The Balaban J connectivity index is 1.54. The molecule has 0 saturated carbocycles. The van der Waals surface area contributed by atoms with Crippen LogP contribution in [0.5, 0.6) is 0 Å². The molecule has 3 aromatic carbocycles. The first-order valence-corrected chi connectivity index (χ1v) is 10.7. The molecule has 1 amide bonds. The van der Waals surface area contributed by atoms with E-state index in [2.05, 4.69) is 20.5 Å². The van der Waals surface area contributed by atoms with Crippen molar-refractivity contribution in [3.05, 3.63) is 94.6 Å². The van der Waals surface area contributed by atoms with Crippen LogP contribution in [0, 0.1) is 20.8 Å². The smallest absolute Gasteiger partial charge is 0.275 e. The van der Waals surface area contributed by atoms with E-state index in [1.165, 1.54) is 11.3 Å². The number of nitrogens with one attached hydrogen (secondary N) is 1. The van der Waals surface area contributed by atoms with E-state index < -0.39 is 0 Å². The van der Waals surface area contributed by atoms with Gasteiger partial charge in [-0.3, -0.25) is 4.79 Å². The lowest BCUT2D eigenvalue weighted by atomic mass is 10.1. The minimum atomic E-state index is -0.222. The number of hydrogen-bond acceptors (Lipinski definition) is 5. The van der Waals surface area contributed by atoms with Crippen molar-refractivity contribution in [2.75, 3.05) is 5.32 Å². The summed E-state index contributed by atoms with van der Waals surface area (Å²) in [5, 5.41) is 12.5. The Morgan fingerprint density at radius 1 is 0.871 bits per heavy atom. The summed E-state index contributed by atoms with van der Waals surface area (Å²) in [7, 11) is 0. The molecule has 0 aliphatic carbocycles. The van der Waals surface area contributed by atoms with Crippen LogP contribution < -0.4 is 5.32 Å². The minimum Gasteiger partial charge on any atom is -0.320 e. The van der Waals surface area contributed by atoms with E-state index >= 15 is 0 Å². The molecule has 1 N–H and O–H groups in total. The predicted molar refractivity (Wildman–Crippen MR) is 127 cm³/mol. The summed E-state index contributed by atoms with van der Waals surface area (Å²) in [4.78, 5) is 18.3. The third-order valence-electron chi connectivity index (χ3n) is 4.83. The number of carbonyl (C=O) groups is 1. The van der Waals surface area contributed by atoms with Crippen molar-refractivity contribution < 1.29 is 4.79 Å². The maximum atomic E-state index is 13.0. The number of aromatic nitrogens is 1. The molecule has 154 valence electrons. The van der Waals surface area contributed by atoms with E-state index in [1.807, 2.05) is 93.6 Å². The lowest BCUT2D eigenvalue weighted by Gasteiger charge is -2.09.